The van der Waals surface area contributed by atoms with Crippen LogP contribution < -0.4 is 5.32 Å². The van der Waals surface area contributed by atoms with Crippen LogP contribution in [0.1, 0.15) is 0 Å². The molecule has 0 aliphatic rings. The monoisotopic (exact) mass is 199 g/mol. The van der Waals surface area contributed by atoms with Gasteiger partial charge in [0.2, 0.25) is 0 Å². The Morgan fingerprint density at radius 2 is 2.08 bits per heavy atom. The second-order valence-electron chi connectivity index (χ2n) is 2.27. The molecule has 0 rings (SSSR count). The lowest BCUT2D eigenvalue weighted by Gasteiger charge is -2.12. The van der Waals surface area contributed by atoms with Crippen molar-refractivity contribution in [3.63, 3.8) is 0 Å². The molecule has 0 saturated heterocycles. The third-order valence-corrected chi connectivity index (χ3v) is 1.31. The molecular formula is C7H12ClF2NO. The van der Waals surface area contributed by atoms with E-state index in [1.807, 2.05) is 0 Å². The summed E-state index contributed by atoms with van der Waals surface area (Å²) in [6.45, 7) is -1.31. The smallest absolute Gasteiger partial charge is 0.282 e. The third-order valence-electron chi connectivity index (χ3n) is 1.13. The third kappa shape index (κ3) is 6.52. The van der Waals surface area contributed by atoms with Crippen molar-refractivity contribution in [1.82, 2.24) is 5.32 Å². The Morgan fingerprint density at radius 1 is 1.42 bits per heavy atom. The van der Waals surface area contributed by atoms with Crippen molar-refractivity contribution in [3.8, 4) is 0 Å². The standard InChI is InChI=1S/C7H12ClF2NO/c8-3-1-2-4-11-5-7(9,10)6-12/h1-2,11-12H,3-6H2/b2-1+. The van der Waals surface area contributed by atoms with Gasteiger partial charge >= 0.3 is 0 Å². The number of aliphatic hydroxyl groups excluding tert-OH is 1. The summed E-state index contributed by atoms with van der Waals surface area (Å²) >= 11 is 5.29. The maximum Gasteiger partial charge on any atom is 0.282 e. The van der Waals surface area contributed by atoms with Gasteiger partial charge in [-0.2, -0.15) is 0 Å². The van der Waals surface area contributed by atoms with Crippen LogP contribution in [0.5, 0.6) is 0 Å². The molecule has 0 unspecified atom stereocenters. The van der Waals surface area contributed by atoms with Crippen molar-refractivity contribution in [2.75, 3.05) is 25.6 Å². The summed E-state index contributed by atoms with van der Waals surface area (Å²) in [5.41, 5.74) is 0. The minimum absolute atomic E-state index is 0.336. The Balaban J connectivity index is 3.36. The minimum Gasteiger partial charge on any atom is -0.390 e. The SMILES string of the molecule is OCC(F)(F)CNC/C=C/CCl. The number of rotatable bonds is 6. The molecule has 0 heterocycles. The highest BCUT2D eigenvalue weighted by molar-refractivity contribution is 6.18. The maximum atomic E-state index is 12.3. The molecule has 0 fully saturated rings. The molecule has 0 saturated carbocycles. The fraction of sp³-hybridized carbons (Fsp3) is 0.714. The van der Waals surface area contributed by atoms with Gasteiger partial charge in [-0.25, -0.2) is 8.78 Å². The zero-order valence-corrected chi connectivity index (χ0v) is 7.32. The number of aliphatic hydroxyl groups is 1. The van der Waals surface area contributed by atoms with E-state index in [1.165, 1.54) is 0 Å². The molecule has 0 aliphatic carbocycles. The van der Waals surface area contributed by atoms with Crippen LogP contribution in [0.3, 0.4) is 0 Å². The number of nitrogens with one attached hydrogen (secondary N) is 1. The average molecular weight is 200 g/mol. The molecule has 0 amide bonds. The second-order valence-corrected chi connectivity index (χ2v) is 2.58. The van der Waals surface area contributed by atoms with E-state index < -0.39 is 19.1 Å². The highest BCUT2D eigenvalue weighted by Gasteiger charge is 2.26. The van der Waals surface area contributed by atoms with Crippen molar-refractivity contribution in [2.45, 2.75) is 5.92 Å². The molecule has 0 aromatic heterocycles. The van der Waals surface area contributed by atoms with Gasteiger partial charge in [-0.05, 0) is 0 Å². The highest BCUT2D eigenvalue weighted by Crippen LogP contribution is 2.09. The normalized spacial score (nSPS) is 12.7. The Labute approximate surface area is 75.2 Å². The first kappa shape index (κ1) is 11.8. The van der Waals surface area contributed by atoms with Crippen molar-refractivity contribution in [2.24, 2.45) is 0 Å². The van der Waals surface area contributed by atoms with Crippen LogP contribution in [0.15, 0.2) is 12.2 Å². The van der Waals surface area contributed by atoms with Crippen molar-refractivity contribution < 1.29 is 13.9 Å². The van der Waals surface area contributed by atoms with Crippen LogP contribution in [0.2, 0.25) is 0 Å². The van der Waals surface area contributed by atoms with Gasteiger partial charge < -0.3 is 10.4 Å². The van der Waals surface area contributed by atoms with Gasteiger partial charge in [0.1, 0.15) is 6.61 Å². The van der Waals surface area contributed by atoms with Gasteiger partial charge in [0.25, 0.3) is 5.92 Å². The van der Waals surface area contributed by atoms with E-state index in [2.05, 4.69) is 5.32 Å². The lowest BCUT2D eigenvalue weighted by atomic mass is 10.3. The second kappa shape index (κ2) is 6.34. The topological polar surface area (TPSA) is 32.3 Å². The summed E-state index contributed by atoms with van der Waals surface area (Å²) in [6, 6.07) is 0. The first-order chi connectivity index (χ1) is 5.62. The average Bonchev–Trinajstić information content (AvgIpc) is 2.04. The molecule has 2 N–H and O–H groups in total. The highest BCUT2D eigenvalue weighted by atomic mass is 35.5. The zero-order valence-electron chi connectivity index (χ0n) is 6.56. The molecular weight excluding hydrogens is 188 g/mol. The van der Waals surface area contributed by atoms with Gasteiger partial charge in [-0.15, -0.1) is 11.6 Å². The summed E-state index contributed by atoms with van der Waals surface area (Å²) in [7, 11) is 0. The molecule has 5 heteroatoms. The van der Waals surface area contributed by atoms with Gasteiger partial charge in [0.05, 0.1) is 6.54 Å². The predicted octanol–water partition coefficient (Wildman–Crippen LogP) is 0.999. The Morgan fingerprint density at radius 3 is 2.58 bits per heavy atom. The molecule has 0 aliphatic heterocycles. The number of allylic oxidation sites excluding steroid dienone is 1. The van der Waals surface area contributed by atoms with E-state index in [0.29, 0.717) is 12.4 Å². The summed E-state index contributed by atoms with van der Waals surface area (Å²) in [5, 5.41) is 10.6. The fourth-order valence-electron chi connectivity index (χ4n) is 0.541. The van der Waals surface area contributed by atoms with Crippen molar-refractivity contribution in [1.29, 1.82) is 0 Å². The molecule has 0 aromatic carbocycles. The molecule has 0 atom stereocenters. The van der Waals surface area contributed by atoms with Gasteiger partial charge in [-0.1, -0.05) is 12.2 Å². The maximum absolute atomic E-state index is 12.3. The van der Waals surface area contributed by atoms with Crippen LogP contribution in [0.4, 0.5) is 8.78 Å². The van der Waals surface area contributed by atoms with E-state index in [4.69, 9.17) is 16.7 Å². The van der Waals surface area contributed by atoms with Gasteiger partial charge in [0, 0.05) is 12.4 Å². The summed E-state index contributed by atoms with van der Waals surface area (Å²) in [6.07, 6.45) is 3.31. The molecule has 0 aromatic rings. The molecule has 12 heavy (non-hydrogen) atoms. The van der Waals surface area contributed by atoms with Crippen LogP contribution >= 0.6 is 11.6 Å². The Kier molecular flexibility index (Phi) is 6.24. The Hall–Kier alpha value is -0.190. The fourth-order valence-corrected chi connectivity index (χ4v) is 0.667. The number of halogens is 3. The van der Waals surface area contributed by atoms with E-state index in [-0.39, 0.29) is 0 Å². The minimum atomic E-state index is -3.03. The summed E-state index contributed by atoms with van der Waals surface area (Å²) in [5.74, 6) is -2.66. The largest absolute Gasteiger partial charge is 0.390 e. The quantitative estimate of drug-likeness (QED) is 0.380. The number of hydrogen-bond donors (Lipinski definition) is 2. The molecule has 0 radical (unpaired) electrons. The molecule has 0 spiro atoms. The van der Waals surface area contributed by atoms with E-state index in [9.17, 15) is 8.78 Å². The number of hydrogen-bond acceptors (Lipinski definition) is 2. The molecule has 72 valence electrons. The van der Waals surface area contributed by atoms with Crippen LogP contribution in [-0.4, -0.2) is 36.6 Å². The van der Waals surface area contributed by atoms with E-state index in [0.717, 1.165) is 0 Å². The molecule has 2 nitrogen and oxygen atoms in total. The van der Waals surface area contributed by atoms with Gasteiger partial charge in [0.15, 0.2) is 0 Å². The van der Waals surface area contributed by atoms with Crippen LogP contribution in [-0.2, 0) is 0 Å². The van der Waals surface area contributed by atoms with Crippen LogP contribution in [0, 0.1) is 0 Å². The lowest BCUT2D eigenvalue weighted by molar-refractivity contribution is -0.0468. The van der Waals surface area contributed by atoms with Crippen LogP contribution in [0.25, 0.3) is 0 Å². The van der Waals surface area contributed by atoms with Crippen molar-refractivity contribution >= 4 is 11.6 Å². The molecule has 0 bridgehead atoms. The summed E-state index contributed by atoms with van der Waals surface area (Å²) < 4.78 is 24.6. The lowest BCUT2D eigenvalue weighted by Crippen LogP contribution is -2.35. The zero-order chi connectivity index (χ0) is 9.45. The Bertz CT molecular complexity index is 141. The van der Waals surface area contributed by atoms with Gasteiger partial charge in [-0.3, -0.25) is 0 Å². The first-order valence-corrected chi connectivity index (χ1v) is 4.06. The van der Waals surface area contributed by atoms with E-state index >= 15 is 0 Å². The number of alkyl halides is 3. The first-order valence-electron chi connectivity index (χ1n) is 3.53. The predicted molar refractivity (Wildman–Crippen MR) is 44.8 cm³/mol. The summed E-state index contributed by atoms with van der Waals surface area (Å²) in [4.78, 5) is 0. The van der Waals surface area contributed by atoms with E-state index in [1.54, 1.807) is 12.2 Å². The van der Waals surface area contributed by atoms with Crippen molar-refractivity contribution in [3.05, 3.63) is 12.2 Å².